The summed E-state index contributed by atoms with van der Waals surface area (Å²) in [6, 6.07) is 1.96. The summed E-state index contributed by atoms with van der Waals surface area (Å²) in [6.45, 7) is 0.192. The van der Waals surface area contributed by atoms with Crippen LogP contribution in [0, 0.1) is 11.3 Å². The van der Waals surface area contributed by atoms with Crippen LogP contribution in [0.4, 0.5) is 0 Å². The highest BCUT2D eigenvalue weighted by Crippen LogP contribution is 2.17. The molecule has 0 aromatic carbocycles. The van der Waals surface area contributed by atoms with Gasteiger partial charge in [-0.05, 0) is 12.8 Å². The number of carbonyl (C=O) groups is 2. The van der Waals surface area contributed by atoms with E-state index >= 15 is 0 Å². The van der Waals surface area contributed by atoms with E-state index < -0.39 is 11.9 Å². The van der Waals surface area contributed by atoms with E-state index in [0.717, 1.165) is 25.7 Å². The molecule has 1 aliphatic rings. The second kappa shape index (κ2) is 7.33. The Bertz CT molecular complexity index is 379. The zero-order chi connectivity index (χ0) is 13.4. The Hall–Kier alpha value is -2.03. The Labute approximate surface area is 106 Å². The number of hydrogen-bond donors (Lipinski definition) is 3. The molecule has 1 saturated carbocycles. The molecule has 6 nitrogen and oxygen atoms in total. The van der Waals surface area contributed by atoms with Crippen molar-refractivity contribution in [1.29, 1.82) is 5.26 Å². The Morgan fingerprint density at radius 2 is 2.06 bits per heavy atom. The highest BCUT2D eigenvalue weighted by atomic mass is 16.4. The molecule has 3 N–H and O–H groups in total. The van der Waals surface area contributed by atoms with Gasteiger partial charge in [0.05, 0.1) is 6.42 Å². The molecular formula is C12H17N3O3. The van der Waals surface area contributed by atoms with Crippen LogP contribution in [0.2, 0.25) is 0 Å². The van der Waals surface area contributed by atoms with Crippen LogP contribution in [0.1, 0.15) is 32.1 Å². The van der Waals surface area contributed by atoms with Crippen LogP contribution in [0.5, 0.6) is 0 Å². The third kappa shape index (κ3) is 4.87. The van der Waals surface area contributed by atoms with Crippen molar-refractivity contribution in [3.05, 3.63) is 11.8 Å². The van der Waals surface area contributed by atoms with Crippen molar-refractivity contribution >= 4 is 11.9 Å². The quantitative estimate of drug-likeness (QED) is 0.363. The molecule has 1 rings (SSSR count). The van der Waals surface area contributed by atoms with E-state index in [1.807, 2.05) is 0 Å². The molecule has 0 aromatic heterocycles. The molecule has 0 heterocycles. The molecule has 0 unspecified atom stereocenters. The standard InChI is InChI=1S/C12H17N3O3/c13-7-9(8-14-6-5-11(16)17)12(18)15-10-3-1-2-4-10/h8,10,14H,1-6H2,(H,15,18)(H,16,17)/b9-8-. The van der Waals surface area contributed by atoms with Gasteiger partial charge in [-0.15, -0.1) is 0 Å². The van der Waals surface area contributed by atoms with Gasteiger partial charge in [-0.3, -0.25) is 9.59 Å². The molecule has 6 heteroatoms. The summed E-state index contributed by atoms with van der Waals surface area (Å²) in [5, 5.41) is 22.7. The van der Waals surface area contributed by atoms with Crippen molar-refractivity contribution in [2.45, 2.75) is 38.1 Å². The van der Waals surface area contributed by atoms with E-state index in [9.17, 15) is 9.59 Å². The lowest BCUT2D eigenvalue weighted by Gasteiger charge is -2.10. The Kier molecular flexibility index (Phi) is 5.71. The van der Waals surface area contributed by atoms with Crippen LogP contribution in [0.3, 0.4) is 0 Å². The SMILES string of the molecule is N#C/C(=C/NCCC(=O)O)C(=O)NC1CCCC1. The maximum atomic E-state index is 11.7. The summed E-state index contributed by atoms with van der Waals surface area (Å²) in [5.74, 6) is -1.32. The molecule has 18 heavy (non-hydrogen) atoms. The van der Waals surface area contributed by atoms with E-state index in [-0.39, 0.29) is 24.6 Å². The predicted molar refractivity (Wildman–Crippen MR) is 64.4 cm³/mol. The van der Waals surface area contributed by atoms with Crippen LogP contribution in [0.25, 0.3) is 0 Å². The van der Waals surface area contributed by atoms with E-state index in [1.165, 1.54) is 6.20 Å². The molecule has 0 atom stereocenters. The Balaban J connectivity index is 2.38. The second-order valence-electron chi connectivity index (χ2n) is 4.22. The van der Waals surface area contributed by atoms with E-state index in [0.29, 0.717) is 0 Å². The zero-order valence-electron chi connectivity index (χ0n) is 10.1. The monoisotopic (exact) mass is 251 g/mol. The molecule has 1 amide bonds. The first-order valence-corrected chi connectivity index (χ1v) is 6.00. The number of carbonyl (C=O) groups excluding carboxylic acids is 1. The van der Waals surface area contributed by atoms with Gasteiger partial charge >= 0.3 is 5.97 Å². The Morgan fingerprint density at radius 3 is 2.61 bits per heavy atom. The minimum absolute atomic E-state index is 0.0210. The Morgan fingerprint density at radius 1 is 1.39 bits per heavy atom. The number of hydrogen-bond acceptors (Lipinski definition) is 4. The van der Waals surface area contributed by atoms with Crippen LogP contribution in [-0.4, -0.2) is 29.6 Å². The molecule has 0 aliphatic heterocycles. The summed E-state index contributed by atoms with van der Waals surface area (Å²) >= 11 is 0. The first-order valence-electron chi connectivity index (χ1n) is 6.00. The van der Waals surface area contributed by atoms with Gasteiger partial charge in [0.1, 0.15) is 11.6 Å². The number of amides is 1. The normalized spacial score (nSPS) is 16.1. The fourth-order valence-corrected chi connectivity index (χ4v) is 1.84. The van der Waals surface area contributed by atoms with Crippen molar-refractivity contribution in [1.82, 2.24) is 10.6 Å². The molecule has 0 radical (unpaired) electrons. The van der Waals surface area contributed by atoms with E-state index in [4.69, 9.17) is 10.4 Å². The highest BCUT2D eigenvalue weighted by Gasteiger charge is 2.19. The highest BCUT2D eigenvalue weighted by molar-refractivity contribution is 5.97. The van der Waals surface area contributed by atoms with Gasteiger partial charge in [-0.1, -0.05) is 12.8 Å². The molecular weight excluding hydrogens is 234 g/mol. The summed E-state index contributed by atoms with van der Waals surface area (Å²) in [4.78, 5) is 22.0. The topological polar surface area (TPSA) is 102 Å². The molecule has 1 fully saturated rings. The van der Waals surface area contributed by atoms with Crippen molar-refractivity contribution < 1.29 is 14.7 Å². The average Bonchev–Trinajstić information content (AvgIpc) is 2.81. The third-order valence-electron chi connectivity index (χ3n) is 2.79. The van der Waals surface area contributed by atoms with Crippen molar-refractivity contribution in [3.63, 3.8) is 0 Å². The summed E-state index contributed by atoms with van der Waals surface area (Å²) < 4.78 is 0. The smallest absolute Gasteiger partial charge is 0.305 e. The molecule has 0 saturated heterocycles. The van der Waals surface area contributed by atoms with Crippen molar-refractivity contribution in [2.24, 2.45) is 0 Å². The maximum absolute atomic E-state index is 11.7. The number of aliphatic carboxylic acids is 1. The van der Waals surface area contributed by atoms with Gasteiger partial charge in [-0.25, -0.2) is 0 Å². The van der Waals surface area contributed by atoms with Gasteiger partial charge < -0.3 is 15.7 Å². The molecule has 0 bridgehead atoms. The molecule has 98 valence electrons. The number of nitriles is 1. The first-order chi connectivity index (χ1) is 8.63. The minimum atomic E-state index is -0.926. The molecule has 0 spiro atoms. The number of rotatable bonds is 6. The number of carboxylic acids is 1. The first kappa shape index (κ1) is 14.0. The lowest BCUT2D eigenvalue weighted by Crippen LogP contribution is -2.34. The number of nitrogens with one attached hydrogen (secondary N) is 2. The molecule has 1 aliphatic carbocycles. The van der Waals surface area contributed by atoms with Crippen LogP contribution in [0.15, 0.2) is 11.8 Å². The van der Waals surface area contributed by atoms with Crippen molar-refractivity contribution in [3.8, 4) is 6.07 Å². The predicted octanol–water partition coefficient (Wildman–Crippen LogP) is 0.517. The average molecular weight is 251 g/mol. The van der Waals surface area contributed by atoms with E-state index in [2.05, 4.69) is 10.6 Å². The van der Waals surface area contributed by atoms with Crippen LogP contribution >= 0.6 is 0 Å². The second-order valence-corrected chi connectivity index (χ2v) is 4.22. The van der Waals surface area contributed by atoms with Gasteiger partial charge in [0.25, 0.3) is 5.91 Å². The third-order valence-corrected chi connectivity index (χ3v) is 2.79. The minimum Gasteiger partial charge on any atom is -0.481 e. The van der Waals surface area contributed by atoms with Gasteiger partial charge in [-0.2, -0.15) is 5.26 Å². The largest absolute Gasteiger partial charge is 0.481 e. The maximum Gasteiger partial charge on any atom is 0.305 e. The van der Waals surface area contributed by atoms with Gasteiger partial charge in [0, 0.05) is 18.8 Å². The zero-order valence-corrected chi connectivity index (χ0v) is 10.1. The fraction of sp³-hybridized carbons (Fsp3) is 0.583. The summed E-state index contributed by atoms with van der Waals surface area (Å²) in [5.41, 5.74) is -0.0210. The summed E-state index contributed by atoms with van der Waals surface area (Å²) in [7, 11) is 0. The van der Waals surface area contributed by atoms with E-state index in [1.54, 1.807) is 6.07 Å². The van der Waals surface area contributed by atoms with Gasteiger partial charge in [0.2, 0.25) is 0 Å². The lowest BCUT2D eigenvalue weighted by atomic mass is 10.2. The molecule has 0 aromatic rings. The number of carboxylic acid groups (broad SMARTS) is 1. The summed E-state index contributed by atoms with van der Waals surface area (Å²) in [6.07, 6.45) is 5.33. The number of nitrogens with zero attached hydrogens (tertiary/aromatic N) is 1. The lowest BCUT2D eigenvalue weighted by molar-refractivity contribution is -0.136. The van der Waals surface area contributed by atoms with Crippen LogP contribution in [-0.2, 0) is 9.59 Å². The fourth-order valence-electron chi connectivity index (χ4n) is 1.84. The van der Waals surface area contributed by atoms with Gasteiger partial charge in [0.15, 0.2) is 0 Å². The van der Waals surface area contributed by atoms with Crippen molar-refractivity contribution in [2.75, 3.05) is 6.54 Å². The van der Waals surface area contributed by atoms with Crippen LogP contribution < -0.4 is 10.6 Å².